The number of anilines is 1. The molecule has 1 aliphatic heterocycles. The van der Waals surface area contributed by atoms with E-state index in [0.29, 0.717) is 11.5 Å². The predicted molar refractivity (Wildman–Crippen MR) is 86.4 cm³/mol. The summed E-state index contributed by atoms with van der Waals surface area (Å²) in [7, 11) is 1.98. The van der Waals surface area contributed by atoms with Gasteiger partial charge >= 0.3 is 0 Å². The Morgan fingerprint density at radius 1 is 1.24 bits per heavy atom. The molecule has 2 aliphatic rings. The molecule has 114 valence electrons. The molecule has 1 aromatic carbocycles. The summed E-state index contributed by atoms with van der Waals surface area (Å²) in [4.78, 5) is 14.7. The molecule has 0 aromatic heterocycles. The zero-order valence-electron chi connectivity index (χ0n) is 13.4. The molecule has 0 radical (unpaired) electrons. The zero-order chi connectivity index (χ0) is 15.0. The maximum atomic E-state index is 12.7. The first-order valence-electron chi connectivity index (χ1n) is 8.07. The van der Waals surface area contributed by atoms with Crippen LogP contribution < -0.4 is 5.32 Å². The fraction of sp³-hybridized carbons (Fsp3) is 0.611. The highest BCUT2D eigenvalue weighted by Gasteiger charge is 2.34. The molecule has 21 heavy (non-hydrogen) atoms. The highest BCUT2D eigenvalue weighted by Crippen LogP contribution is 2.37. The van der Waals surface area contributed by atoms with E-state index in [1.165, 1.54) is 18.4 Å². The van der Waals surface area contributed by atoms with Crippen molar-refractivity contribution < 1.29 is 4.79 Å². The molecule has 1 amide bonds. The van der Waals surface area contributed by atoms with Crippen LogP contribution in [-0.4, -0.2) is 29.9 Å². The van der Waals surface area contributed by atoms with E-state index in [1.54, 1.807) is 0 Å². The van der Waals surface area contributed by atoms with Crippen LogP contribution in [0.5, 0.6) is 0 Å². The third kappa shape index (κ3) is 2.92. The van der Waals surface area contributed by atoms with Crippen molar-refractivity contribution >= 4 is 11.6 Å². The van der Waals surface area contributed by atoms with E-state index < -0.39 is 0 Å². The smallest absolute Gasteiger partial charge is 0.245 e. The van der Waals surface area contributed by atoms with Crippen molar-refractivity contribution in [2.75, 3.05) is 12.4 Å². The van der Waals surface area contributed by atoms with Crippen LogP contribution in [0.4, 0.5) is 5.69 Å². The highest BCUT2D eigenvalue weighted by atomic mass is 16.2. The highest BCUT2D eigenvalue weighted by molar-refractivity contribution is 5.87. The number of hydrogen-bond acceptors (Lipinski definition) is 2. The van der Waals surface area contributed by atoms with Crippen LogP contribution >= 0.6 is 0 Å². The number of benzene rings is 1. The number of hydrogen-bond donors (Lipinski definition) is 1. The standard InChI is InChI=1S/C18H26N2O/c1-18(2)10-8-14(9-11-18)20(3)17(21)16-12-13-6-4-5-7-15(13)19-16/h4-7,14,16,19H,8-12H2,1-3H3. The second-order valence-corrected chi connectivity index (χ2v) is 7.40. The van der Waals surface area contributed by atoms with Crippen LogP contribution in [0, 0.1) is 5.41 Å². The number of likely N-dealkylation sites (N-methyl/N-ethyl adjacent to an activating group) is 1. The number of carbonyl (C=O) groups is 1. The van der Waals surface area contributed by atoms with Crippen LogP contribution in [0.3, 0.4) is 0 Å². The fourth-order valence-corrected chi connectivity index (χ4v) is 3.64. The molecule has 1 N–H and O–H groups in total. The number of nitrogens with one attached hydrogen (secondary N) is 1. The fourth-order valence-electron chi connectivity index (χ4n) is 3.64. The molecular formula is C18H26N2O. The van der Waals surface area contributed by atoms with Crippen LogP contribution in [0.2, 0.25) is 0 Å². The largest absolute Gasteiger partial charge is 0.373 e. The molecule has 3 nitrogen and oxygen atoms in total. The lowest BCUT2D eigenvalue weighted by atomic mass is 9.75. The molecular weight excluding hydrogens is 260 g/mol. The van der Waals surface area contributed by atoms with Crippen LogP contribution in [0.15, 0.2) is 24.3 Å². The summed E-state index contributed by atoms with van der Waals surface area (Å²) in [6.45, 7) is 4.67. The van der Waals surface area contributed by atoms with E-state index in [-0.39, 0.29) is 11.9 Å². The van der Waals surface area contributed by atoms with Gasteiger partial charge in [0.15, 0.2) is 0 Å². The van der Waals surface area contributed by atoms with E-state index in [2.05, 4.69) is 31.3 Å². The molecule has 3 heteroatoms. The first-order chi connectivity index (χ1) is 9.96. The minimum Gasteiger partial charge on any atom is -0.373 e. The molecule has 0 bridgehead atoms. The Hall–Kier alpha value is -1.51. The predicted octanol–water partition coefficient (Wildman–Crippen LogP) is 3.45. The van der Waals surface area contributed by atoms with Gasteiger partial charge in [-0.2, -0.15) is 0 Å². The summed E-state index contributed by atoms with van der Waals surface area (Å²) >= 11 is 0. The Balaban J connectivity index is 1.62. The van der Waals surface area contributed by atoms with Gasteiger partial charge in [0.1, 0.15) is 6.04 Å². The molecule has 0 spiro atoms. The van der Waals surface area contributed by atoms with Gasteiger partial charge in [0.05, 0.1) is 0 Å². The van der Waals surface area contributed by atoms with Gasteiger partial charge in [0, 0.05) is 25.2 Å². The topological polar surface area (TPSA) is 32.3 Å². The number of amides is 1. The lowest BCUT2D eigenvalue weighted by Gasteiger charge is -2.39. The first kappa shape index (κ1) is 14.4. The average Bonchev–Trinajstić information content (AvgIpc) is 2.89. The maximum Gasteiger partial charge on any atom is 0.245 e. The van der Waals surface area contributed by atoms with Crippen molar-refractivity contribution in [3.63, 3.8) is 0 Å². The lowest BCUT2D eigenvalue weighted by molar-refractivity contribution is -0.133. The van der Waals surface area contributed by atoms with Crippen LogP contribution in [-0.2, 0) is 11.2 Å². The maximum absolute atomic E-state index is 12.7. The molecule has 1 atom stereocenters. The van der Waals surface area contributed by atoms with Crippen LogP contribution in [0.25, 0.3) is 0 Å². The Bertz CT molecular complexity index is 503. The molecule has 0 saturated heterocycles. The van der Waals surface area contributed by atoms with Gasteiger partial charge in [-0.25, -0.2) is 0 Å². The van der Waals surface area contributed by atoms with E-state index in [1.807, 2.05) is 24.1 Å². The molecule has 1 saturated carbocycles. The van der Waals surface area contributed by atoms with Gasteiger partial charge in [-0.1, -0.05) is 32.0 Å². The third-order valence-electron chi connectivity index (χ3n) is 5.27. The minimum absolute atomic E-state index is 0.0812. The lowest BCUT2D eigenvalue weighted by Crippen LogP contribution is -2.47. The zero-order valence-corrected chi connectivity index (χ0v) is 13.4. The molecule has 1 fully saturated rings. The van der Waals surface area contributed by atoms with E-state index in [4.69, 9.17) is 0 Å². The monoisotopic (exact) mass is 286 g/mol. The Morgan fingerprint density at radius 2 is 1.90 bits per heavy atom. The summed E-state index contributed by atoms with van der Waals surface area (Å²) < 4.78 is 0. The Kier molecular flexibility index (Phi) is 3.68. The summed E-state index contributed by atoms with van der Waals surface area (Å²) in [6.07, 6.45) is 5.52. The normalized spacial score (nSPS) is 24.2. The number of carbonyl (C=O) groups excluding carboxylic acids is 1. The van der Waals surface area contributed by atoms with Crippen molar-refractivity contribution in [3.8, 4) is 0 Å². The van der Waals surface area contributed by atoms with Gasteiger partial charge in [-0.05, 0) is 42.7 Å². The summed E-state index contributed by atoms with van der Waals surface area (Å²) in [5, 5.41) is 3.38. The van der Waals surface area contributed by atoms with Gasteiger partial charge in [0.2, 0.25) is 5.91 Å². The van der Waals surface area contributed by atoms with Gasteiger partial charge in [0.25, 0.3) is 0 Å². The Morgan fingerprint density at radius 3 is 2.57 bits per heavy atom. The Labute approximate surface area is 127 Å². The second-order valence-electron chi connectivity index (χ2n) is 7.40. The molecule has 1 unspecified atom stereocenters. The minimum atomic E-state index is -0.0812. The van der Waals surface area contributed by atoms with Crippen molar-refractivity contribution in [3.05, 3.63) is 29.8 Å². The van der Waals surface area contributed by atoms with Crippen LogP contribution in [0.1, 0.15) is 45.1 Å². The first-order valence-corrected chi connectivity index (χ1v) is 8.07. The molecule has 3 rings (SSSR count). The molecule has 1 heterocycles. The molecule has 1 aromatic rings. The number of rotatable bonds is 2. The molecule has 1 aliphatic carbocycles. The second kappa shape index (κ2) is 5.36. The van der Waals surface area contributed by atoms with Gasteiger partial charge < -0.3 is 10.2 Å². The number of fused-ring (bicyclic) bond motifs is 1. The third-order valence-corrected chi connectivity index (χ3v) is 5.27. The number of nitrogens with zero attached hydrogens (tertiary/aromatic N) is 1. The SMILES string of the molecule is CN(C(=O)C1Cc2ccccc2N1)C1CCC(C)(C)CC1. The number of para-hydroxylation sites is 1. The summed E-state index contributed by atoms with van der Waals surface area (Å²) in [5.41, 5.74) is 2.82. The van der Waals surface area contributed by atoms with E-state index in [9.17, 15) is 4.79 Å². The quantitative estimate of drug-likeness (QED) is 0.903. The summed E-state index contributed by atoms with van der Waals surface area (Å²) in [5.74, 6) is 0.246. The van der Waals surface area contributed by atoms with Crippen molar-refractivity contribution in [1.29, 1.82) is 0 Å². The van der Waals surface area contributed by atoms with Gasteiger partial charge in [-0.3, -0.25) is 4.79 Å². The van der Waals surface area contributed by atoms with E-state index >= 15 is 0 Å². The van der Waals surface area contributed by atoms with Gasteiger partial charge in [-0.15, -0.1) is 0 Å². The average molecular weight is 286 g/mol. The van der Waals surface area contributed by atoms with Crippen molar-refractivity contribution in [1.82, 2.24) is 4.90 Å². The summed E-state index contributed by atoms with van der Waals surface area (Å²) in [6, 6.07) is 8.56. The van der Waals surface area contributed by atoms with Crippen molar-refractivity contribution in [2.24, 2.45) is 5.41 Å². The van der Waals surface area contributed by atoms with E-state index in [0.717, 1.165) is 24.9 Å². The van der Waals surface area contributed by atoms with Crippen molar-refractivity contribution in [2.45, 2.75) is 58.0 Å².